The molecule has 0 aromatic carbocycles. The minimum Gasteiger partial charge on any atom is -0.378 e. The summed E-state index contributed by atoms with van der Waals surface area (Å²) >= 11 is 0. The van der Waals surface area contributed by atoms with E-state index in [1.807, 2.05) is 0 Å². The van der Waals surface area contributed by atoms with E-state index < -0.39 is 4.92 Å². The summed E-state index contributed by atoms with van der Waals surface area (Å²) in [6, 6.07) is 0. The van der Waals surface area contributed by atoms with Gasteiger partial charge in [-0.2, -0.15) is 4.98 Å². The molecule has 0 spiro atoms. The zero-order valence-corrected chi connectivity index (χ0v) is 10.5. The Bertz CT molecular complexity index is 448. The molecule has 1 fully saturated rings. The minimum atomic E-state index is -0.529. The van der Waals surface area contributed by atoms with Crippen LogP contribution in [-0.2, 0) is 4.74 Å². The summed E-state index contributed by atoms with van der Waals surface area (Å²) in [5.74, 6) is 0.176. The molecule has 104 valence electrons. The predicted molar refractivity (Wildman–Crippen MR) is 69.8 cm³/mol. The quantitative estimate of drug-likeness (QED) is 0.610. The van der Waals surface area contributed by atoms with Gasteiger partial charge in [-0.05, 0) is 25.7 Å². The van der Waals surface area contributed by atoms with Crippen molar-refractivity contribution in [2.75, 3.05) is 24.2 Å². The Hall–Kier alpha value is -1.96. The molecule has 3 N–H and O–H groups in total. The van der Waals surface area contributed by atoms with Gasteiger partial charge in [-0.25, -0.2) is 4.98 Å². The summed E-state index contributed by atoms with van der Waals surface area (Å²) in [6.07, 6.45) is 5.45. The molecule has 8 nitrogen and oxygen atoms in total. The first kappa shape index (κ1) is 13.5. The highest BCUT2D eigenvalue weighted by Gasteiger charge is 2.18. The van der Waals surface area contributed by atoms with Crippen molar-refractivity contribution in [2.24, 2.45) is 0 Å². The van der Waals surface area contributed by atoms with Crippen LogP contribution in [0, 0.1) is 10.1 Å². The van der Waals surface area contributed by atoms with E-state index in [9.17, 15) is 10.1 Å². The van der Waals surface area contributed by atoms with E-state index in [4.69, 9.17) is 10.5 Å². The van der Waals surface area contributed by atoms with E-state index in [1.54, 1.807) is 0 Å². The van der Waals surface area contributed by atoms with Crippen LogP contribution >= 0.6 is 0 Å². The van der Waals surface area contributed by atoms with E-state index in [1.165, 1.54) is 6.42 Å². The number of hydrogen-bond donors (Lipinski definition) is 2. The van der Waals surface area contributed by atoms with Crippen LogP contribution in [0.25, 0.3) is 0 Å². The van der Waals surface area contributed by atoms with Gasteiger partial charge in [-0.1, -0.05) is 0 Å². The highest BCUT2D eigenvalue weighted by molar-refractivity contribution is 5.56. The summed E-state index contributed by atoms with van der Waals surface area (Å²) < 4.78 is 5.59. The van der Waals surface area contributed by atoms with E-state index in [0.29, 0.717) is 6.54 Å². The molecule has 0 radical (unpaired) electrons. The molecule has 19 heavy (non-hydrogen) atoms. The third kappa shape index (κ3) is 3.75. The minimum absolute atomic E-state index is 0.0158. The van der Waals surface area contributed by atoms with E-state index in [0.717, 1.165) is 32.1 Å². The molecule has 8 heteroatoms. The molecule has 0 aliphatic carbocycles. The molecular weight excluding hydrogens is 250 g/mol. The number of nitrogen functional groups attached to an aromatic ring is 1. The standard InChI is InChI=1S/C11H17N5O3/c12-11-14-7-9(16(17)18)10(15-11)13-5-4-8-3-1-2-6-19-8/h7-8H,1-6H2,(H3,12,13,14,15). The van der Waals surface area contributed by atoms with Gasteiger partial charge in [-0.15, -0.1) is 0 Å². The van der Waals surface area contributed by atoms with Gasteiger partial charge in [-0.3, -0.25) is 10.1 Å². The first-order chi connectivity index (χ1) is 9.16. The zero-order chi connectivity index (χ0) is 13.7. The molecule has 2 heterocycles. The maximum absolute atomic E-state index is 10.8. The molecule has 0 amide bonds. The average molecular weight is 267 g/mol. The van der Waals surface area contributed by atoms with Crippen LogP contribution in [0.4, 0.5) is 17.5 Å². The lowest BCUT2D eigenvalue weighted by Crippen LogP contribution is -2.22. The Morgan fingerprint density at radius 3 is 3.11 bits per heavy atom. The fourth-order valence-electron chi connectivity index (χ4n) is 2.04. The average Bonchev–Trinajstić information content (AvgIpc) is 2.39. The van der Waals surface area contributed by atoms with Gasteiger partial charge in [0.2, 0.25) is 11.8 Å². The smallest absolute Gasteiger partial charge is 0.329 e. The van der Waals surface area contributed by atoms with Crippen molar-refractivity contribution in [3.05, 3.63) is 16.3 Å². The number of nitrogens with zero attached hydrogens (tertiary/aromatic N) is 3. The Morgan fingerprint density at radius 2 is 2.42 bits per heavy atom. The molecule has 1 aliphatic heterocycles. The van der Waals surface area contributed by atoms with Crippen molar-refractivity contribution in [3.63, 3.8) is 0 Å². The normalized spacial score (nSPS) is 19.1. The molecule has 2 rings (SSSR count). The van der Waals surface area contributed by atoms with Gasteiger partial charge in [0.05, 0.1) is 11.0 Å². The van der Waals surface area contributed by atoms with Gasteiger partial charge >= 0.3 is 5.69 Å². The molecular formula is C11H17N5O3. The third-order valence-electron chi connectivity index (χ3n) is 3.02. The second-order valence-corrected chi connectivity index (χ2v) is 4.42. The number of anilines is 2. The van der Waals surface area contributed by atoms with Crippen molar-refractivity contribution in [1.29, 1.82) is 0 Å². The van der Waals surface area contributed by atoms with Crippen LogP contribution in [0.2, 0.25) is 0 Å². The SMILES string of the molecule is Nc1ncc([N+](=O)[O-])c(NCCC2CCCCO2)n1. The van der Waals surface area contributed by atoms with E-state index in [2.05, 4.69) is 15.3 Å². The van der Waals surface area contributed by atoms with Gasteiger partial charge in [0.1, 0.15) is 6.20 Å². The second-order valence-electron chi connectivity index (χ2n) is 4.42. The van der Waals surface area contributed by atoms with Gasteiger partial charge in [0, 0.05) is 13.2 Å². The largest absolute Gasteiger partial charge is 0.378 e. The van der Waals surface area contributed by atoms with Crippen LogP contribution in [0.15, 0.2) is 6.20 Å². The van der Waals surface area contributed by atoms with Gasteiger partial charge in [0.25, 0.3) is 0 Å². The Labute approximate surface area is 110 Å². The molecule has 0 saturated carbocycles. The molecule has 1 aromatic rings. The predicted octanol–water partition coefficient (Wildman–Crippen LogP) is 1.34. The third-order valence-corrected chi connectivity index (χ3v) is 3.02. The fraction of sp³-hybridized carbons (Fsp3) is 0.636. The maximum Gasteiger partial charge on any atom is 0.329 e. The summed E-state index contributed by atoms with van der Waals surface area (Å²) in [5.41, 5.74) is 5.26. The van der Waals surface area contributed by atoms with Crippen LogP contribution in [0.3, 0.4) is 0 Å². The summed E-state index contributed by atoms with van der Waals surface area (Å²) in [4.78, 5) is 17.8. The van der Waals surface area contributed by atoms with E-state index >= 15 is 0 Å². The van der Waals surface area contributed by atoms with Crippen LogP contribution in [-0.4, -0.2) is 34.1 Å². The number of rotatable bonds is 5. The van der Waals surface area contributed by atoms with Crippen molar-refractivity contribution in [2.45, 2.75) is 31.8 Å². The van der Waals surface area contributed by atoms with Crippen molar-refractivity contribution < 1.29 is 9.66 Å². The Kier molecular flexibility index (Phi) is 4.45. The topological polar surface area (TPSA) is 116 Å². The molecule has 1 aliphatic rings. The number of aromatic nitrogens is 2. The lowest BCUT2D eigenvalue weighted by molar-refractivity contribution is -0.384. The zero-order valence-electron chi connectivity index (χ0n) is 10.5. The molecule has 0 bridgehead atoms. The lowest BCUT2D eigenvalue weighted by atomic mass is 10.1. The molecule has 1 saturated heterocycles. The van der Waals surface area contributed by atoms with Crippen molar-refractivity contribution in [3.8, 4) is 0 Å². The lowest BCUT2D eigenvalue weighted by Gasteiger charge is -2.22. The van der Waals surface area contributed by atoms with Crippen molar-refractivity contribution in [1.82, 2.24) is 9.97 Å². The van der Waals surface area contributed by atoms with E-state index in [-0.39, 0.29) is 23.6 Å². The number of ether oxygens (including phenoxy) is 1. The molecule has 1 atom stereocenters. The molecule has 1 unspecified atom stereocenters. The monoisotopic (exact) mass is 267 g/mol. The summed E-state index contributed by atoms with van der Waals surface area (Å²) in [6.45, 7) is 1.35. The highest BCUT2D eigenvalue weighted by Crippen LogP contribution is 2.22. The van der Waals surface area contributed by atoms with Gasteiger partial charge in [0.15, 0.2) is 0 Å². The Balaban J connectivity index is 1.91. The van der Waals surface area contributed by atoms with Crippen LogP contribution in [0.5, 0.6) is 0 Å². The highest BCUT2D eigenvalue weighted by atomic mass is 16.6. The van der Waals surface area contributed by atoms with Gasteiger partial charge < -0.3 is 15.8 Å². The number of hydrogen-bond acceptors (Lipinski definition) is 7. The fourth-order valence-corrected chi connectivity index (χ4v) is 2.04. The Morgan fingerprint density at radius 1 is 1.58 bits per heavy atom. The maximum atomic E-state index is 10.8. The first-order valence-electron chi connectivity index (χ1n) is 6.29. The summed E-state index contributed by atoms with van der Waals surface area (Å²) in [5, 5.41) is 13.7. The van der Waals surface area contributed by atoms with Crippen LogP contribution < -0.4 is 11.1 Å². The van der Waals surface area contributed by atoms with Crippen LogP contribution in [0.1, 0.15) is 25.7 Å². The van der Waals surface area contributed by atoms with Crippen molar-refractivity contribution >= 4 is 17.5 Å². The number of nitro groups is 1. The number of nitrogens with two attached hydrogens (primary N) is 1. The summed E-state index contributed by atoms with van der Waals surface area (Å²) in [7, 11) is 0. The second kappa shape index (κ2) is 6.28. The molecule has 1 aromatic heterocycles. The first-order valence-corrected chi connectivity index (χ1v) is 6.29. The number of nitrogens with one attached hydrogen (secondary N) is 1.